The van der Waals surface area contributed by atoms with Crippen molar-refractivity contribution in [2.75, 3.05) is 19.7 Å². The van der Waals surface area contributed by atoms with Crippen LogP contribution in [0.2, 0.25) is 5.02 Å². The fourth-order valence-electron chi connectivity index (χ4n) is 5.31. The first kappa shape index (κ1) is 28.4. The van der Waals surface area contributed by atoms with Crippen LogP contribution in [0.25, 0.3) is 10.9 Å². The predicted molar refractivity (Wildman–Crippen MR) is 149 cm³/mol. The van der Waals surface area contributed by atoms with Crippen LogP contribution in [0.1, 0.15) is 90.3 Å². The van der Waals surface area contributed by atoms with Gasteiger partial charge in [-0.3, -0.25) is 4.79 Å². The summed E-state index contributed by atoms with van der Waals surface area (Å²) in [7, 11) is 0. The Morgan fingerprint density at radius 3 is 2.76 bits per heavy atom. The summed E-state index contributed by atoms with van der Waals surface area (Å²) >= 11 is 10.5. The van der Waals surface area contributed by atoms with Crippen molar-refractivity contribution >= 4 is 50.3 Å². The van der Waals surface area contributed by atoms with Gasteiger partial charge in [-0.2, -0.15) is 5.10 Å². The van der Waals surface area contributed by atoms with Crippen LogP contribution in [0.15, 0.2) is 16.7 Å². The van der Waals surface area contributed by atoms with Crippen molar-refractivity contribution in [2.24, 2.45) is 5.92 Å². The number of piperidine rings is 1. The van der Waals surface area contributed by atoms with Gasteiger partial charge in [0.1, 0.15) is 11.4 Å². The number of Topliss-reactive ketones (excluding diaryl/α,β-unsaturated/α-hetero) is 1. The van der Waals surface area contributed by atoms with E-state index in [0.29, 0.717) is 31.0 Å². The summed E-state index contributed by atoms with van der Waals surface area (Å²) in [5, 5.41) is 6.35. The molecular formula is C28H39BrClN3O4. The Labute approximate surface area is 233 Å². The van der Waals surface area contributed by atoms with Crippen LogP contribution in [-0.2, 0) is 20.7 Å². The number of aromatic nitrogens is 2. The molecule has 2 aliphatic rings. The first-order chi connectivity index (χ1) is 17.6. The lowest BCUT2D eigenvalue weighted by atomic mass is 9.91. The van der Waals surface area contributed by atoms with Crippen LogP contribution in [-0.4, -0.2) is 51.9 Å². The van der Waals surface area contributed by atoms with E-state index in [1.165, 1.54) is 0 Å². The summed E-state index contributed by atoms with van der Waals surface area (Å²) < 4.78 is 14.4. The van der Waals surface area contributed by atoms with E-state index >= 15 is 0 Å². The first-order valence-corrected chi connectivity index (χ1v) is 14.7. The SMILES string of the molecule is CC(C)(C)OC(=O)N1CCC[C@H](CC(=O)CCCCc2c(Cl)cc3c(cnn3C3CCCCO3)c2Br)C1. The molecular weight excluding hydrogens is 558 g/mol. The summed E-state index contributed by atoms with van der Waals surface area (Å²) in [6.45, 7) is 7.69. The second-order valence-electron chi connectivity index (χ2n) is 11.4. The highest BCUT2D eigenvalue weighted by Gasteiger charge is 2.28. The molecule has 2 fully saturated rings. The molecule has 0 spiro atoms. The number of fused-ring (bicyclic) bond motifs is 1. The number of halogens is 2. The number of ether oxygens (including phenoxy) is 2. The monoisotopic (exact) mass is 595 g/mol. The molecule has 4 rings (SSSR count). The molecule has 37 heavy (non-hydrogen) atoms. The van der Waals surface area contributed by atoms with Gasteiger partial charge in [0, 0.05) is 47.4 Å². The second kappa shape index (κ2) is 12.5. The number of nitrogens with zero attached hydrogens (tertiary/aromatic N) is 3. The lowest BCUT2D eigenvalue weighted by molar-refractivity contribution is -0.120. The maximum atomic E-state index is 12.7. The van der Waals surface area contributed by atoms with Crippen LogP contribution >= 0.6 is 27.5 Å². The number of ketones is 1. The molecule has 0 saturated carbocycles. The van der Waals surface area contributed by atoms with Gasteiger partial charge < -0.3 is 14.4 Å². The van der Waals surface area contributed by atoms with Crippen molar-refractivity contribution in [1.29, 1.82) is 0 Å². The Morgan fingerprint density at radius 2 is 2.03 bits per heavy atom. The molecule has 0 radical (unpaired) electrons. The second-order valence-corrected chi connectivity index (χ2v) is 12.6. The fourth-order valence-corrected chi connectivity index (χ4v) is 6.43. The van der Waals surface area contributed by atoms with Crippen molar-refractivity contribution in [1.82, 2.24) is 14.7 Å². The molecule has 2 aromatic rings. The highest BCUT2D eigenvalue weighted by Crippen LogP contribution is 2.36. The van der Waals surface area contributed by atoms with Crippen LogP contribution < -0.4 is 0 Å². The zero-order valence-corrected chi connectivity index (χ0v) is 24.6. The zero-order chi connectivity index (χ0) is 26.6. The van der Waals surface area contributed by atoms with Crippen molar-refractivity contribution in [2.45, 2.75) is 96.8 Å². The molecule has 1 aromatic carbocycles. The Morgan fingerprint density at radius 1 is 1.22 bits per heavy atom. The molecule has 1 amide bonds. The quantitative estimate of drug-likeness (QED) is 0.296. The number of carbonyl (C=O) groups excluding carboxylic acids is 2. The number of likely N-dealkylation sites (tertiary alicyclic amines) is 1. The standard InChI is InChI=1S/C28H39BrClN3O4/c1-28(2,3)37-27(35)32-13-8-9-19(18-32)15-20(34)10-4-5-11-21-23(30)16-24-22(26(21)29)17-31-33(24)25-12-6-7-14-36-25/h16-17,19,25H,4-15,18H2,1-3H3/t19-,25?/m1/s1. The van der Waals surface area contributed by atoms with Crippen molar-refractivity contribution in [3.63, 3.8) is 0 Å². The van der Waals surface area contributed by atoms with Gasteiger partial charge in [-0.25, -0.2) is 9.48 Å². The largest absolute Gasteiger partial charge is 0.444 e. The zero-order valence-electron chi connectivity index (χ0n) is 22.2. The molecule has 7 nitrogen and oxygen atoms in total. The smallest absolute Gasteiger partial charge is 0.410 e. The number of amides is 1. The number of benzene rings is 1. The van der Waals surface area contributed by atoms with Crippen LogP contribution in [0, 0.1) is 5.92 Å². The maximum absolute atomic E-state index is 12.7. The predicted octanol–water partition coefficient (Wildman–Crippen LogP) is 7.47. The molecule has 3 heterocycles. The minimum Gasteiger partial charge on any atom is -0.444 e. The molecule has 2 atom stereocenters. The van der Waals surface area contributed by atoms with E-state index < -0.39 is 5.60 Å². The molecule has 0 N–H and O–H groups in total. The van der Waals surface area contributed by atoms with Crippen molar-refractivity contribution in [3.05, 3.63) is 27.3 Å². The first-order valence-electron chi connectivity index (χ1n) is 13.6. The summed E-state index contributed by atoms with van der Waals surface area (Å²) in [5.41, 5.74) is 1.54. The highest BCUT2D eigenvalue weighted by molar-refractivity contribution is 9.10. The van der Waals surface area contributed by atoms with Gasteiger partial charge in [-0.15, -0.1) is 0 Å². The van der Waals surface area contributed by atoms with Crippen LogP contribution in [0.5, 0.6) is 0 Å². The summed E-state index contributed by atoms with van der Waals surface area (Å²) in [4.78, 5) is 26.9. The van der Waals surface area contributed by atoms with E-state index in [0.717, 1.165) is 78.9 Å². The van der Waals surface area contributed by atoms with Crippen LogP contribution in [0.3, 0.4) is 0 Å². The van der Waals surface area contributed by atoms with E-state index in [2.05, 4.69) is 21.0 Å². The topological polar surface area (TPSA) is 73.7 Å². The molecule has 1 aromatic heterocycles. The van der Waals surface area contributed by atoms with Gasteiger partial charge >= 0.3 is 6.09 Å². The molecule has 2 aliphatic heterocycles. The summed E-state index contributed by atoms with van der Waals surface area (Å²) in [6.07, 6.45) is 10.2. The molecule has 204 valence electrons. The van der Waals surface area contributed by atoms with E-state index in [9.17, 15) is 9.59 Å². The minimum absolute atomic E-state index is 0.0357. The van der Waals surface area contributed by atoms with Crippen molar-refractivity contribution < 1.29 is 19.1 Å². The maximum Gasteiger partial charge on any atom is 0.410 e. The van der Waals surface area contributed by atoms with Crippen LogP contribution in [0.4, 0.5) is 4.79 Å². The van der Waals surface area contributed by atoms with E-state index in [1.54, 1.807) is 4.90 Å². The third-order valence-corrected chi connectivity index (χ3v) is 8.38. The highest BCUT2D eigenvalue weighted by atomic mass is 79.9. The number of hydrogen-bond donors (Lipinski definition) is 0. The molecule has 0 bridgehead atoms. The third kappa shape index (κ3) is 7.48. The molecule has 2 saturated heterocycles. The normalized spacial score (nSPS) is 20.8. The van der Waals surface area contributed by atoms with Gasteiger partial charge in [0.05, 0.1) is 11.7 Å². The Hall–Kier alpha value is -1.64. The van der Waals surface area contributed by atoms with Gasteiger partial charge in [-0.1, -0.05) is 11.6 Å². The lowest BCUT2D eigenvalue weighted by Crippen LogP contribution is -2.43. The summed E-state index contributed by atoms with van der Waals surface area (Å²) in [5.74, 6) is 0.481. The van der Waals surface area contributed by atoms with Crippen molar-refractivity contribution in [3.8, 4) is 0 Å². The average Bonchev–Trinajstić information content (AvgIpc) is 3.27. The Kier molecular flexibility index (Phi) is 9.57. The number of hydrogen-bond acceptors (Lipinski definition) is 5. The van der Waals surface area contributed by atoms with E-state index in [-0.39, 0.29) is 24.0 Å². The van der Waals surface area contributed by atoms with E-state index in [1.807, 2.05) is 37.7 Å². The number of unbranched alkanes of at least 4 members (excludes halogenated alkanes) is 1. The Balaban J connectivity index is 1.26. The molecule has 1 unspecified atom stereocenters. The third-order valence-electron chi connectivity index (χ3n) is 7.14. The minimum atomic E-state index is -0.507. The average molecular weight is 597 g/mol. The Bertz CT molecular complexity index is 1110. The lowest BCUT2D eigenvalue weighted by Gasteiger charge is -2.34. The number of rotatable bonds is 8. The fraction of sp³-hybridized carbons (Fsp3) is 0.679. The van der Waals surface area contributed by atoms with E-state index in [4.69, 9.17) is 21.1 Å². The number of carbonyl (C=O) groups is 2. The van der Waals surface area contributed by atoms with Gasteiger partial charge in [0.25, 0.3) is 0 Å². The summed E-state index contributed by atoms with van der Waals surface area (Å²) in [6, 6.07) is 1.99. The van der Waals surface area contributed by atoms with Gasteiger partial charge in [0.2, 0.25) is 0 Å². The molecule has 0 aliphatic carbocycles. The molecule has 9 heteroatoms. The van der Waals surface area contributed by atoms with Gasteiger partial charge in [-0.05, 0) is 106 Å². The van der Waals surface area contributed by atoms with Gasteiger partial charge in [0.15, 0.2) is 6.23 Å².